The number of aryl methyl sites for hydroxylation is 1. The summed E-state index contributed by atoms with van der Waals surface area (Å²) >= 11 is 0. The zero-order chi connectivity index (χ0) is 12.3. The summed E-state index contributed by atoms with van der Waals surface area (Å²) in [5.74, 6) is -0.556. The fourth-order valence-corrected chi connectivity index (χ4v) is 1.87. The van der Waals surface area contributed by atoms with Gasteiger partial charge in [-0.15, -0.1) is 0 Å². The first-order valence-electron chi connectivity index (χ1n) is 5.75. The van der Waals surface area contributed by atoms with Crippen molar-refractivity contribution in [2.45, 2.75) is 19.8 Å². The highest BCUT2D eigenvalue weighted by molar-refractivity contribution is 5.64. The topological polar surface area (TPSA) is 0 Å². The van der Waals surface area contributed by atoms with E-state index in [1.807, 2.05) is 6.07 Å². The SMILES string of the molecule is CCCc1ccc(-c2ccc(F)cc2)c(F)c1. The van der Waals surface area contributed by atoms with Gasteiger partial charge in [0, 0.05) is 5.56 Å². The first kappa shape index (κ1) is 11.8. The number of benzene rings is 2. The molecule has 0 N–H and O–H groups in total. The van der Waals surface area contributed by atoms with Crippen molar-refractivity contribution in [3.63, 3.8) is 0 Å². The second kappa shape index (κ2) is 5.09. The smallest absolute Gasteiger partial charge is 0.131 e. The molecule has 0 radical (unpaired) electrons. The van der Waals surface area contributed by atoms with Crippen LogP contribution in [0.15, 0.2) is 42.5 Å². The summed E-state index contributed by atoms with van der Waals surface area (Å²) in [6.07, 6.45) is 1.87. The highest BCUT2D eigenvalue weighted by Gasteiger charge is 2.06. The Morgan fingerprint density at radius 3 is 2.24 bits per heavy atom. The van der Waals surface area contributed by atoms with Crippen LogP contribution in [0.25, 0.3) is 11.1 Å². The van der Waals surface area contributed by atoms with Gasteiger partial charge >= 0.3 is 0 Å². The molecule has 0 saturated carbocycles. The van der Waals surface area contributed by atoms with Crippen LogP contribution in [0.2, 0.25) is 0 Å². The second-order valence-electron chi connectivity index (χ2n) is 4.07. The van der Waals surface area contributed by atoms with E-state index in [0.717, 1.165) is 18.4 Å². The molecule has 88 valence electrons. The summed E-state index contributed by atoms with van der Waals surface area (Å²) in [4.78, 5) is 0. The molecule has 0 aliphatic rings. The van der Waals surface area contributed by atoms with Gasteiger partial charge in [0.2, 0.25) is 0 Å². The lowest BCUT2D eigenvalue weighted by Crippen LogP contribution is -1.89. The van der Waals surface area contributed by atoms with Crippen LogP contribution in [0.3, 0.4) is 0 Å². The molecule has 2 aromatic carbocycles. The Bertz CT molecular complexity index is 501. The monoisotopic (exact) mass is 232 g/mol. The molecule has 0 fully saturated rings. The minimum Gasteiger partial charge on any atom is -0.207 e. The Labute approximate surface area is 99.9 Å². The lowest BCUT2D eigenvalue weighted by molar-refractivity contribution is 0.624. The van der Waals surface area contributed by atoms with Crippen LogP contribution in [0.5, 0.6) is 0 Å². The van der Waals surface area contributed by atoms with Crippen LogP contribution in [-0.4, -0.2) is 0 Å². The van der Waals surface area contributed by atoms with Gasteiger partial charge in [-0.3, -0.25) is 0 Å². The molecule has 0 aliphatic carbocycles. The van der Waals surface area contributed by atoms with Crippen molar-refractivity contribution in [3.05, 3.63) is 59.7 Å². The minimum absolute atomic E-state index is 0.248. The number of halogens is 2. The van der Waals surface area contributed by atoms with Crippen molar-refractivity contribution in [3.8, 4) is 11.1 Å². The zero-order valence-electron chi connectivity index (χ0n) is 9.71. The summed E-state index contributed by atoms with van der Waals surface area (Å²) in [5.41, 5.74) is 2.22. The molecule has 0 spiro atoms. The highest BCUT2D eigenvalue weighted by Crippen LogP contribution is 2.24. The molecule has 0 bridgehead atoms. The van der Waals surface area contributed by atoms with E-state index >= 15 is 0 Å². The number of hydrogen-bond acceptors (Lipinski definition) is 0. The molecular formula is C15H14F2. The van der Waals surface area contributed by atoms with E-state index in [1.165, 1.54) is 12.1 Å². The second-order valence-corrected chi connectivity index (χ2v) is 4.07. The van der Waals surface area contributed by atoms with Crippen LogP contribution in [0, 0.1) is 11.6 Å². The Morgan fingerprint density at radius 1 is 0.941 bits per heavy atom. The van der Waals surface area contributed by atoms with E-state index in [1.54, 1.807) is 24.3 Å². The molecule has 0 aliphatic heterocycles. The normalized spacial score (nSPS) is 10.5. The van der Waals surface area contributed by atoms with E-state index in [9.17, 15) is 8.78 Å². The van der Waals surface area contributed by atoms with Crippen LogP contribution in [0.4, 0.5) is 8.78 Å². The quantitative estimate of drug-likeness (QED) is 0.726. The van der Waals surface area contributed by atoms with Gasteiger partial charge in [-0.25, -0.2) is 8.78 Å². The molecule has 17 heavy (non-hydrogen) atoms. The van der Waals surface area contributed by atoms with Crippen molar-refractivity contribution in [1.82, 2.24) is 0 Å². The Morgan fingerprint density at radius 2 is 1.65 bits per heavy atom. The maximum Gasteiger partial charge on any atom is 0.131 e. The molecule has 0 saturated heterocycles. The van der Waals surface area contributed by atoms with E-state index in [2.05, 4.69) is 6.92 Å². The first-order chi connectivity index (χ1) is 8.20. The summed E-state index contributed by atoms with van der Waals surface area (Å²) < 4.78 is 26.6. The number of rotatable bonds is 3. The third-order valence-corrected chi connectivity index (χ3v) is 2.73. The third kappa shape index (κ3) is 2.70. The molecule has 0 atom stereocenters. The van der Waals surface area contributed by atoms with Gasteiger partial charge in [0.05, 0.1) is 0 Å². The van der Waals surface area contributed by atoms with Gasteiger partial charge in [0.1, 0.15) is 11.6 Å². The fraction of sp³-hybridized carbons (Fsp3) is 0.200. The average molecular weight is 232 g/mol. The molecule has 0 amide bonds. The molecule has 0 heterocycles. The maximum absolute atomic E-state index is 13.9. The third-order valence-electron chi connectivity index (χ3n) is 2.73. The first-order valence-corrected chi connectivity index (χ1v) is 5.75. The van der Waals surface area contributed by atoms with E-state index in [-0.39, 0.29) is 11.6 Å². The van der Waals surface area contributed by atoms with Gasteiger partial charge in [-0.1, -0.05) is 37.6 Å². The van der Waals surface area contributed by atoms with E-state index in [0.29, 0.717) is 11.1 Å². The standard InChI is InChI=1S/C15H14F2/c1-2-3-11-4-9-14(15(17)10-11)12-5-7-13(16)8-6-12/h4-10H,2-3H2,1H3. The van der Waals surface area contributed by atoms with Gasteiger partial charge < -0.3 is 0 Å². The van der Waals surface area contributed by atoms with Crippen molar-refractivity contribution in [2.24, 2.45) is 0 Å². The molecule has 2 rings (SSSR count). The summed E-state index contributed by atoms with van der Waals surface area (Å²) in [5, 5.41) is 0. The van der Waals surface area contributed by atoms with Gasteiger partial charge in [0.25, 0.3) is 0 Å². The summed E-state index contributed by atoms with van der Waals surface area (Å²) in [6.45, 7) is 2.06. The van der Waals surface area contributed by atoms with E-state index in [4.69, 9.17) is 0 Å². The van der Waals surface area contributed by atoms with Gasteiger partial charge in [-0.2, -0.15) is 0 Å². The van der Waals surface area contributed by atoms with Crippen molar-refractivity contribution < 1.29 is 8.78 Å². The van der Waals surface area contributed by atoms with Crippen LogP contribution >= 0.6 is 0 Å². The van der Waals surface area contributed by atoms with Crippen molar-refractivity contribution in [1.29, 1.82) is 0 Å². The molecular weight excluding hydrogens is 218 g/mol. The van der Waals surface area contributed by atoms with Crippen LogP contribution in [0.1, 0.15) is 18.9 Å². The summed E-state index contributed by atoms with van der Waals surface area (Å²) in [7, 11) is 0. The minimum atomic E-state index is -0.309. The lowest BCUT2D eigenvalue weighted by Gasteiger charge is -2.06. The molecule has 0 nitrogen and oxygen atoms in total. The molecule has 2 aromatic rings. The van der Waals surface area contributed by atoms with Gasteiger partial charge in [0.15, 0.2) is 0 Å². The Kier molecular flexibility index (Phi) is 3.52. The molecule has 0 unspecified atom stereocenters. The lowest BCUT2D eigenvalue weighted by atomic mass is 10.0. The largest absolute Gasteiger partial charge is 0.207 e. The average Bonchev–Trinajstić information content (AvgIpc) is 2.31. The number of hydrogen-bond donors (Lipinski definition) is 0. The predicted molar refractivity (Wildman–Crippen MR) is 65.8 cm³/mol. The Balaban J connectivity index is 2.36. The highest BCUT2D eigenvalue weighted by atomic mass is 19.1. The van der Waals surface area contributed by atoms with Crippen molar-refractivity contribution >= 4 is 0 Å². The predicted octanol–water partition coefficient (Wildman–Crippen LogP) is 4.58. The Hall–Kier alpha value is -1.70. The summed E-state index contributed by atoms with van der Waals surface area (Å²) in [6, 6.07) is 11.1. The zero-order valence-corrected chi connectivity index (χ0v) is 9.71. The van der Waals surface area contributed by atoms with E-state index < -0.39 is 0 Å². The maximum atomic E-state index is 13.9. The van der Waals surface area contributed by atoms with Crippen LogP contribution in [-0.2, 0) is 6.42 Å². The van der Waals surface area contributed by atoms with Gasteiger partial charge in [-0.05, 0) is 35.7 Å². The fourth-order valence-electron chi connectivity index (χ4n) is 1.87. The molecule has 2 heteroatoms. The van der Waals surface area contributed by atoms with Crippen molar-refractivity contribution in [2.75, 3.05) is 0 Å². The van der Waals surface area contributed by atoms with Crippen LogP contribution < -0.4 is 0 Å². The molecule has 0 aromatic heterocycles.